The molecular weight excluding hydrogens is 324 g/mol. The van der Waals surface area contributed by atoms with Crippen molar-refractivity contribution in [2.24, 2.45) is 5.92 Å². The maximum Gasteiger partial charge on any atom is 0.135 e. The van der Waals surface area contributed by atoms with Crippen LogP contribution in [0.15, 0.2) is 18.7 Å². The van der Waals surface area contributed by atoms with E-state index in [0.29, 0.717) is 11.8 Å². The van der Waals surface area contributed by atoms with Gasteiger partial charge >= 0.3 is 0 Å². The number of fused-ring (bicyclic) bond motifs is 1. The highest BCUT2D eigenvalue weighted by Gasteiger charge is 2.31. The second kappa shape index (κ2) is 6.99. The molecule has 1 saturated carbocycles. The molecule has 0 bridgehead atoms. The van der Waals surface area contributed by atoms with E-state index in [4.69, 9.17) is 9.97 Å². The van der Waals surface area contributed by atoms with Gasteiger partial charge in [-0.2, -0.15) is 0 Å². The van der Waals surface area contributed by atoms with Crippen molar-refractivity contribution in [1.29, 1.82) is 0 Å². The molecule has 4 heterocycles. The zero-order valence-corrected chi connectivity index (χ0v) is 15.4. The van der Waals surface area contributed by atoms with Gasteiger partial charge in [-0.3, -0.25) is 0 Å². The maximum absolute atomic E-state index is 5.11. The van der Waals surface area contributed by atoms with Crippen molar-refractivity contribution in [3.63, 3.8) is 0 Å². The van der Waals surface area contributed by atoms with E-state index in [0.717, 1.165) is 51.4 Å². The lowest BCUT2D eigenvalue weighted by molar-refractivity contribution is 0.364. The van der Waals surface area contributed by atoms with Gasteiger partial charge in [0, 0.05) is 56.5 Å². The van der Waals surface area contributed by atoms with E-state index in [2.05, 4.69) is 26.0 Å². The van der Waals surface area contributed by atoms with Crippen molar-refractivity contribution in [1.82, 2.24) is 24.8 Å². The number of nitrogens with zero attached hydrogens (tertiary/aromatic N) is 5. The van der Waals surface area contributed by atoms with Gasteiger partial charge in [-0.25, -0.2) is 15.0 Å². The summed E-state index contributed by atoms with van der Waals surface area (Å²) < 4.78 is 2.22. The van der Waals surface area contributed by atoms with Crippen LogP contribution in [0.2, 0.25) is 0 Å². The summed E-state index contributed by atoms with van der Waals surface area (Å²) in [4.78, 5) is 16.8. The number of hydrogen-bond donors (Lipinski definition) is 1. The van der Waals surface area contributed by atoms with Crippen molar-refractivity contribution in [3.05, 3.63) is 35.8 Å². The first kappa shape index (κ1) is 16.2. The molecule has 0 amide bonds. The Morgan fingerprint density at radius 3 is 2.88 bits per heavy atom. The highest BCUT2D eigenvalue weighted by Crippen LogP contribution is 2.40. The molecule has 0 spiro atoms. The molecule has 6 nitrogen and oxygen atoms in total. The summed E-state index contributed by atoms with van der Waals surface area (Å²) in [5.74, 6) is 3.63. The fraction of sp³-hybridized carbons (Fsp3) is 0.650. The molecule has 2 aromatic rings. The molecule has 138 valence electrons. The predicted octanol–water partition coefficient (Wildman–Crippen LogP) is 2.16. The third kappa shape index (κ3) is 3.34. The van der Waals surface area contributed by atoms with Gasteiger partial charge in [0.15, 0.2) is 0 Å². The molecule has 26 heavy (non-hydrogen) atoms. The van der Waals surface area contributed by atoms with E-state index in [9.17, 15) is 0 Å². The van der Waals surface area contributed by atoms with Crippen molar-refractivity contribution in [2.45, 2.75) is 51.0 Å². The Balaban J connectivity index is 1.43. The van der Waals surface area contributed by atoms with Crippen molar-refractivity contribution >= 4 is 5.82 Å². The van der Waals surface area contributed by atoms with Crippen LogP contribution in [0.3, 0.4) is 0 Å². The minimum atomic E-state index is 0.613. The fourth-order valence-electron chi connectivity index (χ4n) is 4.43. The standard InChI is InChI=1S/C20H28N6/c1-2-15(12-25-11-9-22-14-25)13-26(10-1)20-17-5-7-21-8-6-18(17)23-19(24-20)16-3-4-16/h9,11,14-16,21H,1-8,10,12-13H2/t15-/m1/s1. The maximum atomic E-state index is 5.11. The average Bonchev–Trinajstić information content (AvgIpc) is 3.44. The number of hydrogen-bond acceptors (Lipinski definition) is 5. The molecule has 2 aromatic heterocycles. The van der Waals surface area contributed by atoms with E-state index in [1.165, 1.54) is 42.8 Å². The molecule has 0 radical (unpaired) electrons. The van der Waals surface area contributed by atoms with Crippen LogP contribution in [0.25, 0.3) is 0 Å². The summed E-state index contributed by atoms with van der Waals surface area (Å²) in [5, 5.41) is 3.53. The Morgan fingerprint density at radius 2 is 2.04 bits per heavy atom. The fourth-order valence-corrected chi connectivity index (χ4v) is 4.43. The first-order valence-electron chi connectivity index (χ1n) is 10.2. The molecule has 0 unspecified atom stereocenters. The molecule has 2 aliphatic heterocycles. The number of piperidine rings is 1. The highest BCUT2D eigenvalue weighted by molar-refractivity contribution is 5.51. The smallest absolute Gasteiger partial charge is 0.135 e. The molecule has 5 rings (SSSR count). The van der Waals surface area contributed by atoms with Crippen LogP contribution < -0.4 is 10.2 Å². The molecule has 6 heteroatoms. The predicted molar refractivity (Wildman–Crippen MR) is 101 cm³/mol. The van der Waals surface area contributed by atoms with Crippen LogP contribution in [0, 0.1) is 5.92 Å². The third-order valence-electron chi connectivity index (χ3n) is 5.97. The second-order valence-electron chi connectivity index (χ2n) is 8.07. The van der Waals surface area contributed by atoms with Gasteiger partial charge in [-0.05, 0) is 44.6 Å². The number of rotatable bonds is 4. The van der Waals surface area contributed by atoms with Gasteiger partial charge in [0.05, 0.1) is 12.0 Å². The molecule has 1 saturated heterocycles. The SMILES string of the molecule is c1cn(C[C@H]2CCCN(c3nc(C4CC4)nc4c3CCNCC4)C2)cn1. The lowest BCUT2D eigenvalue weighted by atomic mass is 9.97. The molecule has 1 N–H and O–H groups in total. The monoisotopic (exact) mass is 352 g/mol. The Morgan fingerprint density at radius 1 is 1.12 bits per heavy atom. The van der Waals surface area contributed by atoms with Crippen molar-refractivity contribution < 1.29 is 0 Å². The summed E-state index contributed by atoms with van der Waals surface area (Å²) in [6.07, 6.45) is 13.0. The van der Waals surface area contributed by atoms with E-state index in [1.54, 1.807) is 0 Å². The zero-order valence-electron chi connectivity index (χ0n) is 15.4. The minimum absolute atomic E-state index is 0.613. The highest BCUT2D eigenvalue weighted by atomic mass is 15.2. The van der Waals surface area contributed by atoms with Crippen LogP contribution in [0.4, 0.5) is 5.82 Å². The summed E-state index contributed by atoms with van der Waals surface area (Å²) >= 11 is 0. The Labute approximate surface area is 155 Å². The molecule has 1 aliphatic carbocycles. The second-order valence-corrected chi connectivity index (χ2v) is 8.07. The number of anilines is 1. The Hall–Kier alpha value is -1.95. The van der Waals surface area contributed by atoms with Crippen LogP contribution in [0.5, 0.6) is 0 Å². The largest absolute Gasteiger partial charge is 0.356 e. The van der Waals surface area contributed by atoms with Crippen molar-refractivity contribution in [2.75, 3.05) is 31.1 Å². The molecule has 3 aliphatic rings. The number of imidazole rings is 1. The molecule has 0 aromatic carbocycles. The van der Waals surface area contributed by atoms with E-state index in [-0.39, 0.29) is 0 Å². The van der Waals surface area contributed by atoms with E-state index < -0.39 is 0 Å². The van der Waals surface area contributed by atoms with Crippen LogP contribution in [-0.2, 0) is 19.4 Å². The summed E-state index contributed by atoms with van der Waals surface area (Å²) in [5.41, 5.74) is 2.71. The average molecular weight is 352 g/mol. The zero-order chi connectivity index (χ0) is 17.3. The first-order chi connectivity index (χ1) is 12.9. The summed E-state index contributed by atoms with van der Waals surface area (Å²) in [6.45, 7) is 5.36. The first-order valence-corrected chi connectivity index (χ1v) is 10.2. The van der Waals surface area contributed by atoms with Crippen LogP contribution >= 0.6 is 0 Å². The van der Waals surface area contributed by atoms with E-state index >= 15 is 0 Å². The van der Waals surface area contributed by atoms with Crippen LogP contribution in [0.1, 0.15) is 48.7 Å². The van der Waals surface area contributed by atoms with Gasteiger partial charge in [0.2, 0.25) is 0 Å². The number of nitrogens with one attached hydrogen (secondary N) is 1. The summed E-state index contributed by atoms with van der Waals surface area (Å²) in [6, 6.07) is 0. The molecular formula is C20H28N6. The lowest BCUT2D eigenvalue weighted by Crippen LogP contribution is -2.38. The number of aromatic nitrogens is 4. The normalized spacial score (nSPS) is 23.5. The summed E-state index contributed by atoms with van der Waals surface area (Å²) in [7, 11) is 0. The quantitative estimate of drug-likeness (QED) is 0.914. The van der Waals surface area contributed by atoms with Gasteiger partial charge in [0.25, 0.3) is 0 Å². The minimum Gasteiger partial charge on any atom is -0.356 e. The van der Waals surface area contributed by atoms with Crippen LogP contribution in [-0.4, -0.2) is 45.7 Å². The lowest BCUT2D eigenvalue weighted by Gasteiger charge is -2.35. The van der Waals surface area contributed by atoms with Crippen molar-refractivity contribution in [3.8, 4) is 0 Å². The van der Waals surface area contributed by atoms with Gasteiger partial charge in [-0.1, -0.05) is 0 Å². The molecule has 1 atom stereocenters. The van der Waals surface area contributed by atoms with Gasteiger partial charge < -0.3 is 14.8 Å². The Kier molecular flexibility index (Phi) is 4.36. The molecule has 2 fully saturated rings. The van der Waals surface area contributed by atoms with Gasteiger partial charge in [0.1, 0.15) is 11.6 Å². The topological polar surface area (TPSA) is 58.9 Å². The third-order valence-corrected chi connectivity index (χ3v) is 5.97. The van der Waals surface area contributed by atoms with E-state index in [1.807, 2.05) is 12.5 Å². The van der Waals surface area contributed by atoms with Gasteiger partial charge in [-0.15, -0.1) is 0 Å². The Bertz CT molecular complexity index is 752.